The fourth-order valence-corrected chi connectivity index (χ4v) is 2.47. The van der Waals surface area contributed by atoms with Crippen molar-refractivity contribution < 1.29 is 19.1 Å². The Labute approximate surface area is 161 Å². The molecule has 0 aliphatic heterocycles. The minimum atomic E-state index is -0.888. The Hall–Kier alpha value is -2.41. The lowest BCUT2D eigenvalue weighted by Gasteiger charge is -2.26. The highest BCUT2D eigenvalue weighted by Gasteiger charge is 2.29. The molecule has 2 atom stereocenters. The molecule has 1 aromatic rings. The van der Waals surface area contributed by atoms with Crippen LogP contribution in [0, 0.1) is 0 Å². The standard InChI is InChI=1S/C20H31N3O4/c1-20(2,3)27-19(26)15(11-12-17(24)22-5)23-18(25)16(21-4)13-14-9-7-6-8-10-14/h6-10,15-16,21H,11-13H2,1-5H3,(H,22,24)(H,23,25)/t15-,16-/m0/s1. The van der Waals surface area contributed by atoms with Crippen LogP contribution in [0.2, 0.25) is 0 Å². The molecule has 3 N–H and O–H groups in total. The number of nitrogens with one attached hydrogen (secondary N) is 3. The Bertz CT molecular complexity index is 626. The fraction of sp³-hybridized carbons (Fsp3) is 0.550. The predicted octanol–water partition coefficient (Wildman–Crippen LogP) is 1.17. The van der Waals surface area contributed by atoms with Crippen LogP contribution in [0.1, 0.15) is 39.2 Å². The summed E-state index contributed by atoms with van der Waals surface area (Å²) in [5, 5.41) is 8.22. The van der Waals surface area contributed by atoms with E-state index in [-0.39, 0.29) is 24.7 Å². The van der Waals surface area contributed by atoms with Gasteiger partial charge in [0.05, 0.1) is 6.04 Å². The van der Waals surface area contributed by atoms with E-state index in [0.29, 0.717) is 6.42 Å². The lowest BCUT2D eigenvalue weighted by molar-refractivity contribution is -0.159. The molecule has 0 aliphatic rings. The third-order valence-corrected chi connectivity index (χ3v) is 3.89. The van der Waals surface area contributed by atoms with Gasteiger partial charge in [0.15, 0.2) is 0 Å². The molecule has 0 aromatic heterocycles. The SMILES string of the molecule is CNC(=O)CC[C@H](NC(=O)[C@H](Cc1ccccc1)NC)C(=O)OC(C)(C)C. The molecule has 7 nitrogen and oxygen atoms in total. The van der Waals surface area contributed by atoms with Crippen molar-refractivity contribution in [2.24, 2.45) is 0 Å². The van der Waals surface area contributed by atoms with Crippen LogP contribution in [0.5, 0.6) is 0 Å². The van der Waals surface area contributed by atoms with Gasteiger partial charge < -0.3 is 20.7 Å². The molecule has 0 unspecified atom stereocenters. The zero-order valence-electron chi connectivity index (χ0n) is 16.8. The summed E-state index contributed by atoms with van der Waals surface area (Å²) in [6, 6.07) is 8.22. The lowest BCUT2D eigenvalue weighted by Crippen LogP contribution is -2.51. The molecule has 0 heterocycles. The van der Waals surface area contributed by atoms with Crippen molar-refractivity contribution >= 4 is 17.8 Å². The van der Waals surface area contributed by atoms with Crippen LogP contribution in [0.4, 0.5) is 0 Å². The van der Waals surface area contributed by atoms with E-state index >= 15 is 0 Å². The number of ether oxygens (including phenoxy) is 1. The quantitative estimate of drug-likeness (QED) is 0.562. The molecule has 0 aliphatic carbocycles. The lowest BCUT2D eigenvalue weighted by atomic mass is 10.0. The summed E-state index contributed by atoms with van der Waals surface area (Å²) in [6.45, 7) is 5.27. The van der Waals surface area contributed by atoms with E-state index < -0.39 is 23.7 Å². The number of likely N-dealkylation sites (N-methyl/N-ethyl adjacent to an activating group) is 1. The second-order valence-corrected chi connectivity index (χ2v) is 7.34. The Morgan fingerprint density at radius 3 is 2.19 bits per heavy atom. The van der Waals surface area contributed by atoms with E-state index in [9.17, 15) is 14.4 Å². The molecular formula is C20H31N3O4. The summed E-state index contributed by atoms with van der Waals surface area (Å²) in [5.41, 5.74) is 0.325. The van der Waals surface area contributed by atoms with Gasteiger partial charge in [-0.3, -0.25) is 9.59 Å². The van der Waals surface area contributed by atoms with Crippen LogP contribution in [-0.4, -0.2) is 49.6 Å². The first-order valence-electron chi connectivity index (χ1n) is 9.11. The average molecular weight is 377 g/mol. The topological polar surface area (TPSA) is 96.5 Å². The van der Waals surface area contributed by atoms with Crippen LogP contribution < -0.4 is 16.0 Å². The normalized spacial score (nSPS) is 13.4. The van der Waals surface area contributed by atoms with Crippen LogP contribution in [0.15, 0.2) is 30.3 Å². The van der Waals surface area contributed by atoms with Crippen molar-refractivity contribution in [2.45, 2.75) is 57.7 Å². The summed E-state index contributed by atoms with van der Waals surface area (Å²) >= 11 is 0. The van der Waals surface area contributed by atoms with E-state index in [1.165, 1.54) is 7.05 Å². The highest BCUT2D eigenvalue weighted by molar-refractivity contribution is 5.88. The number of benzene rings is 1. The third kappa shape index (κ3) is 8.68. The zero-order chi connectivity index (χ0) is 20.4. The number of hydrogen-bond acceptors (Lipinski definition) is 5. The van der Waals surface area contributed by atoms with Gasteiger partial charge in [-0.15, -0.1) is 0 Å². The first-order valence-corrected chi connectivity index (χ1v) is 9.11. The summed E-state index contributed by atoms with van der Waals surface area (Å²) in [7, 11) is 3.22. The van der Waals surface area contributed by atoms with E-state index in [0.717, 1.165) is 5.56 Å². The number of amides is 2. The van der Waals surface area contributed by atoms with Crippen molar-refractivity contribution in [1.29, 1.82) is 0 Å². The maximum atomic E-state index is 12.7. The van der Waals surface area contributed by atoms with Crippen molar-refractivity contribution in [3.8, 4) is 0 Å². The predicted molar refractivity (Wildman–Crippen MR) is 104 cm³/mol. The maximum absolute atomic E-state index is 12.7. The maximum Gasteiger partial charge on any atom is 0.329 e. The van der Waals surface area contributed by atoms with E-state index in [1.807, 2.05) is 30.3 Å². The zero-order valence-corrected chi connectivity index (χ0v) is 16.8. The molecule has 1 aromatic carbocycles. The van der Waals surface area contributed by atoms with Crippen LogP contribution in [-0.2, 0) is 25.5 Å². The van der Waals surface area contributed by atoms with Crippen LogP contribution >= 0.6 is 0 Å². The minimum Gasteiger partial charge on any atom is -0.458 e. The minimum absolute atomic E-state index is 0.115. The smallest absolute Gasteiger partial charge is 0.329 e. The first kappa shape index (κ1) is 22.6. The van der Waals surface area contributed by atoms with Gasteiger partial charge in [-0.1, -0.05) is 30.3 Å². The summed E-state index contributed by atoms with van der Waals surface area (Å²) in [5.74, 6) is -1.06. The second-order valence-electron chi connectivity index (χ2n) is 7.34. The molecule has 1 rings (SSSR count). The Balaban J connectivity index is 2.82. The first-order chi connectivity index (χ1) is 12.7. The Kier molecular flexibility index (Phi) is 8.94. The van der Waals surface area contributed by atoms with Crippen molar-refractivity contribution in [3.05, 3.63) is 35.9 Å². The van der Waals surface area contributed by atoms with Gasteiger partial charge in [0.2, 0.25) is 11.8 Å². The number of esters is 1. The van der Waals surface area contributed by atoms with E-state index in [2.05, 4.69) is 16.0 Å². The molecule has 0 radical (unpaired) electrons. The van der Waals surface area contributed by atoms with Gasteiger partial charge in [-0.25, -0.2) is 4.79 Å². The van der Waals surface area contributed by atoms with Crippen molar-refractivity contribution in [1.82, 2.24) is 16.0 Å². The van der Waals surface area contributed by atoms with Gasteiger partial charge in [-0.2, -0.15) is 0 Å². The molecule has 2 amide bonds. The molecule has 0 bridgehead atoms. The Morgan fingerprint density at radius 1 is 1.04 bits per heavy atom. The monoisotopic (exact) mass is 377 g/mol. The van der Waals surface area contributed by atoms with Gasteiger partial charge >= 0.3 is 5.97 Å². The molecule has 0 saturated heterocycles. The van der Waals surface area contributed by atoms with Crippen LogP contribution in [0.25, 0.3) is 0 Å². The van der Waals surface area contributed by atoms with Gasteiger partial charge in [0, 0.05) is 13.5 Å². The number of hydrogen-bond donors (Lipinski definition) is 3. The van der Waals surface area contributed by atoms with Gasteiger partial charge in [-0.05, 0) is 46.2 Å². The number of carbonyl (C=O) groups excluding carboxylic acids is 3. The second kappa shape index (κ2) is 10.7. The van der Waals surface area contributed by atoms with Crippen molar-refractivity contribution in [2.75, 3.05) is 14.1 Å². The molecule has 150 valence electrons. The number of rotatable bonds is 9. The Morgan fingerprint density at radius 2 is 1.67 bits per heavy atom. The average Bonchev–Trinajstić information content (AvgIpc) is 2.61. The largest absolute Gasteiger partial charge is 0.458 e. The van der Waals surface area contributed by atoms with E-state index in [1.54, 1.807) is 27.8 Å². The van der Waals surface area contributed by atoms with Crippen molar-refractivity contribution in [3.63, 3.8) is 0 Å². The highest BCUT2D eigenvalue weighted by Crippen LogP contribution is 2.11. The number of carbonyl (C=O) groups is 3. The van der Waals surface area contributed by atoms with E-state index in [4.69, 9.17) is 4.74 Å². The molecule has 7 heteroatoms. The highest BCUT2D eigenvalue weighted by atomic mass is 16.6. The third-order valence-electron chi connectivity index (χ3n) is 3.89. The summed E-state index contributed by atoms with van der Waals surface area (Å²) < 4.78 is 5.39. The van der Waals surface area contributed by atoms with Gasteiger partial charge in [0.25, 0.3) is 0 Å². The van der Waals surface area contributed by atoms with Gasteiger partial charge in [0.1, 0.15) is 11.6 Å². The molecular weight excluding hydrogens is 346 g/mol. The fourth-order valence-electron chi connectivity index (χ4n) is 2.47. The molecule has 27 heavy (non-hydrogen) atoms. The molecule has 0 fully saturated rings. The summed E-state index contributed by atoms with van der Waals surface area (Å²) in [6.07, 6.45) is 0.769. The molecule has 0 spiro atoms. The molecule has 0 saturated carbocycles. The van der Waals surface area contributed by atoms with Crippen LogP contribution in [0.3, 0.4) is 0 Å². The summed E-state index contributed by atoms with van der Waals surface area (Å²) in [4.78, 5) is 36.7.